The summed E-state index contributed by atoms with van der Waals surface area (Å²) in [5.41, 5.74) is -0.539. The molecule has 1 saturated carbocycles. The molecule has 1 amide bonds. The highest BCUT2D eigenvalue weighted by Crippen LogP contribution is 2.42. The van der Waals surface area contributed by atoms with Crippen molar-refractivity contribution in [2.45, 2.75) is 44.9 Å². The predicted octanol–water partition coefficient (Wildman–Crippen LogP) is 3.29. The third-order valence-electron chi connectivity index (χ3n) is 4.21. The Morgan fingerprint density at radius 2 is 1.86 bits per heavy atom. The lowest BCUT2D eigenvalue weighted by Gasteiger charge is -2.35. The van der Waals surface area contributed by atoms with Crippen molar-refractivity contribution in [2.75, 3.05) is 5.32 Å². The largest absolute Gasteiger partial charge is 0.506 e. The van der Waals surface area contributed by atoms with E-state index in [1.54, 1.807) is 0 Å². The van der Waals surface area contributed by atoms with E-state index in [1.807, 2.05) is 0 Å². The van der Waals surface area contributed by atoms with E-state index in [0.717, 1.165) is 31.4 Å². The molecule has 0 aliphatic heterocycles. The molecule has 6 heteroatoms. The third-order valence-corrected chi connectivity index (χ3v) is 4.21. The van der Waals surface area contributed by atoms with Gasteiger partial charge in [0.15, 0.2) is 0 Å². The summed E-state index contributed by atoms with van der Waals surface area (Å²) in [4.78, 5) is 23.3. The Kier molecular flexibility index (Phi) is 5.00. The van der Waals surface area contributed by atoms with Gasteiger partial charge in [-0.1, -0.05) is 19.3 Å². The molecule has 1 fully saturated rings. The summed E-state index contributed by atoms with van der Waals surface area (Å²) in [6.07, 6.45) is 4.28. The van der Waals surface area contributed by atoms with E-state index in [-0.39, 0.29) is 24.3 Å². The summed E-state index contributed by atoms with van der Waals surface area (Å²) in [7, 11) is 0. The molecule has 1 aromatic carbocycles. The third kappa shape index (κ3) is 4.19. The van der Waals surface area contributed by atoms with Gasteiger partial charge in [0, 0.05) is 12.5 Å². The molecule has 3 N–H and O–H groups in total. The molecule has 0 heterocycles. The Morgan fingerprint density at radius 1 is 1.18 bits per heavy atom. The van der Waals surface area contributed by atoms with Gasteiger partial charge < -0.3 is 15.5 Å². The number of nitrogens with one attached hydrogen (secondary N) is 1. The first-order chi connectivity index (χ1) is 10.4. The van der Waals surface area contributed by atoms with Crippen molar-refractivity contribution in [1.29, 1.82) is 0 Å². The SMILES string of the molecule is O=C(O)CC1(CC(=O)Nc2cc(F)ccc2O)CCCCC1. The van der Waals surface area contributed by atoms with Gasteiger partial charge in [0.2, 0.25) is 5.91 Å². The molecule has 0 bridgehead atoms. The zero-order valence-electron chi connectivity index (χ0n) is 12.3. The van der Waals surface area contributed by atoms with Crippen molar-refractivity contribution in [3.8, 4) is 5.75 Å². The standard InChI is InChI=1S/C16H20FNO4/c17-11-4-5-13(19)12(8-11)18-14(20)9-16(10-15(21)22)6-2-1-3-7-16/h4-5,8,19H,1-3,6-7,9-10H2,(H,18,20)(H,21,22). The van der Waals surface area contributed by atoms with Crippen LogP contribution in [0.1, 0.15) is 44.9 Å². The van der Waals surface area contributed by atoms with Gasteiger partial charge in [0.05, 0.1) is 12.1 Å². The molecular weight excluding hydrogens is 289 g/mol. The number of anilines is 1. The van der Waals surface area contributed by atoms with E-state index in [1.165, 1.54) is 6.07 Å². The van der Waals surface area contributed by atoms with Crippen LogP contribution in [0, 0.1) is 11.2 Å². The van der Waals surface area contributed by atoms with Crippen LogP contribution < -0.4 is 5.32 Å². The Hall–Kier alpha value is -2.11. The monoisotopic (exact) mass is 309 g/mol. The van der Waals surface area contributed by atoms with Gasteiger partial charge in [-0.3, -0.25) is 9.59 Å². The van der Waals surface area contributed by atoms with Gasteiger partial charge in [-0.05, 0) is 30.4 Å². The van der Waals surface area contributed by atoms with Gasteiger partial charge in [-0.15, -0.1) is 0 Å². The van der Waals surface area contributed by atoms with Crippen molar-refractivity contribution >= 4 is 17.6 Å². The maximum Gasteiger partial charge on any atom is 0.303 e. The fourth-order valence-corrected chi connectivity index (χ4v) is 3.18. The normalized spacial score (nSPS) is 17.0. The molecule has 5 nitrogen and oxygen atoms in total. The fraction of sp³-hybridized carbons (Fsp3) is 0.500. The molecule has 22 heavy (non-hydrogen) atoms. The second-order valence-corrected chi connectivity index (χ2v) is 6.02. The van der Waals surface area contributed by atoms with Crippen LogP contribution in [0.3, 0.4) is 0 Å². The van der Waals surface area contributed by atoms with Gasteiger partial charge in [0.25, 0.3) is 0 Å². The molecule has 0 spiro atoms. The molecule has 1 aromatic rings. The van der Waals surface area contributed by atoms with Crippen LogP contribution >= 0.6 is 0 Å². The van der Waals surface area contributed by atoms with E-state index < -0.39 is 23.1 Å². The summed E-state index contributed by atoms with van der Waals surface area (Å²) < 4.78 is 13.2. The highest BCUT2D eigenvalue weighted by Gasteiger charge is 2.36. The molecule has 0 saturated heterocycles. The molecule has 2 rings (SSSR count). The lowest BCUT2D eigenvalue weighted by molar-refractivity contribution is -0.140. The number of phenolic OH excluding ortho intramolecular Hbond substituents is 1. The highest BCUT2D eigenvalue weighted by molar-refractivity contribution is 5.92. The van der Waals surface area contributed by atoms with Gasteiger partial charge in [-0.25, -0.2) is 4.39 Å². The van der Waals surface area contributed by atoms with E-state index in [4.69, 9.17) is 5.11 Å². The summed E-state index contributed by atoms with van der Waals surface area (Å²) in [6.45, 7) is 0. The van der Waals surface area contributed by atoms with Gasteiger partial charge in [0.1, 0.15) is 11.6 Å². The Morgan fingerprint density at radius 3 is 2.50 bits per heavy atom. The molecule has 0 atom stereocenters. The molecule has 0 unspecified atom stereocenters. The summed E-state index contributed by atoms with van der Waals surface area (Å²) >= 11 is 0. The number of carboxylic acids is 1. The van der Waals surface area contributed by atoms with Gasteiger partial charge >= 0.3 is 5.97 Å². The average Bonchev–Trinajstić information content (AvgIpc) is 2.42. The average molecular weight is 309 g/mol. The first-order valence-corrected chi connectivity index (χ1v) is 7.40. The minimum absolute atomic E-state index is 0.00582. The highest BCUT2D eigenvalue weighted by atomic mass is 19.1. The topological polar surface area (TPSA) is 86.6 Å². The van der Waals surface area contributed by atoms with E-state index in [9.17, 15) is 19.1 Å². The summed E-state index contributed by atoms with van der Waals surface area (Å²) in [5.74, 6) is -2.09. The van der Waals surface area contributed by atoms with Crippen LogP contribution in [-0.2, 0) is 9.59 Å². The van der Waals surface area contributed by atoms with Crippen LogP contribution in [0.4, 0.5) is 10.1 Å². The van der Waals surface area contributed by atoms with Gasteiger partial charge in [-0.2, -0.15) is 0 Å². The predicted molar refractivity (Wildman–Crippen MR) is 79.1 cm³/mol. The van der Waals surface area contributed by atoms with Crippen molar-refractivity contribution in [3.63, 3.8) is 0 Å². The molecule has 0 radical (unpaired) electrons. The number of hydrogen-bond donors (Lipinski definition) is 3. The summed E-state index contributed by atoms with van der Waals surface area (Å²) in [5, 5.41) is 21.2. The number of hydrogen-bond acceptors (Lipinski definition) is 3. The molecule has 1 aliphatic carbocycles. The van der Waals surface area contributed by atoms with Crippen LogP contribution in [0.15, 0.2) is 18.2 Å². The first-order valence-electron chi connectivity index (χ1n) is 7.40. The lowest BCUT2D eigenvalue weighted by atomic mass is 9.69. The zero-order chi connectivity index (χ0) is 16.2. The summed E-state index contributed by atoms with van der Waals surface area (Å²) in [6, 6.07) is 3.30. The Balaban J connectivity index is 2.07. The quantitative estimate of drug-likeness (QED) is 0.728. The Bertz CT molecular complexity index is 567. The minimum atomic E-state index is -0.914. The maximum atomic E-state index is 13.2. The number of carboxylic acid groups (broad SMARTS) is 1. The number of carbonyl (C=O) groups is 2. The number of amides is 1. The number of benzene rings is 1. The van der Waals surface area contributed by atoms with E-state index in [0.29, 0.717) is 12.8 Å². The minimum Gasteiger partial charge on any atom is -0.506 e. The van der Waals surface area contributed by atoms with Crippen LogP contribution in [-0.4, -0.2) is 22.1 Å². The molecule has 0 aromatic heterocycles. The van der Waals surface area contributed by atoms with Crippen molar-refractivity contribution in [3.05, 3.63) is 24.0 Å². The number of rotatable bonds is 5. The van der Waals surface area contributed by atoms with Crippen molar-refractivity contribution < 1.29 is 24.2 Å². The van der Waals surface area contributed by atoms with Crippen molar-refractivity contribution in [2.24, 2.45) is 5.41 Å². The number of phenols is 1. The smallest absolute Gasteiger partial charge is 0.303 e. The fourth-order valence-electron chi connectivity index (χ4n) is 3.18. The molecule has 120 valence electrons. The zero-order valence-corrected chi connectivity index (χ0v) is 12.3. The van der Waals surface area contributed by atoms with Crippen LogP contribution in [0.5, 0.6) is 5.75 Å². The number of aliphatic carboxylic acids is 1. The van der Waals surface area contributed by atoms with Crippen LogP contribution in [0.25, 0.3) is 0 Å². The lowest BCUT2D eigenvalue weighted by Crippen LogP contribution is -2.32. The number of aromatic hydroxyl groups is 1. The van der Waals surface area contributed by atoms with E-state index in [2.05, 4.69) is 5.32 Å². The Labute approximate surface area is 128 Å². The first kappa shape index (κ1) is 16.3. The van der Waals surface area contributed by atoms with Crippen LogP contribution in [0.2, 0.25) is 0 Å². The second-order valence-electron chi connectivity index (χ2n) is 6.02. The van der Waals surface area contributed by atoms with Crippen molar-refractivity contribution in [1.82, 2.24) is 0 Å². The molecule has 1 aliphatic rings. The molecular formula is C16H20FNO4. The second kappa shape index (κ2) is 6.77. The number of carbonyl (C=O) groups excluding carboxylic acids is 1. The van der Waals surface area contributed by atoms with E-state index >= 15 is 0 Å². The number of halogens is 1. The maximum absolute atomic E-state index is 13.2.